The van der Waals surface area contributed by atoms with E-state index in [1.165, 1.54) is 0 Å². The van der Waals surface area contributed by atoms with Gasteiger partial charge in [0, 0.05) is 6.61 Å². The lowest BCUT2D eigenvalue weighted by atomic mass is 10.1. The first-order valence-electron chi connectivity index (χ1n) is 7.31. The Morgan fingerprint density at radius 2 is 1.91 bits per heavy atom. The predicted octanol–water partition coefficient (Wildman–Crippen LogP) is 2.01. The second-order valence-corrected chi connectivity index (χ2v) is 5.11. The summed E-state index contributed by atoms with van der Waals surface area (Å²) in [5, 5.41) is 11.3. The van der Waals surface area contributed by atoms with E-state index in [0.29, 0.717) is 12.8 Å². The molecule has 0 heterocycles. The highest BCUT2D eigenvalue weighted by molar-refractivity contribution is 5.81. The van der Waals surface area contributed by atoms with E-state index in [0.717, 1.165) is 5.56 Å². The third-order valence-electron chi connectivity index (χ3n) is 2.79. The maximum atomic E-state index is 11.9. The molecule has 0 bridgehead atoms. The summed E-state index contributed by atoms with van der Waals surface area (Å²) in [5.41, 5.74) is 0.856. The first-order valence-corrected chi connectivity index (χ1v) is 7.31. The number of hydrogen-bond donors (Lipinski definition) is 2. The lowest BCUT2D eigenvalue weighted by Crippen LogP contribution is -2.42. The molecule has 0 aliphatic rings. The predicted molar refractivity (Wildman–Crippen MR) is 81.1 cm³/mol. The second-order valence-electron chi connectivity index (χ2n) is 5.11. The molecule has 0 radical (unpaired) electrons. The fourth-order valence-electron chi connectivity index (χ4n) is 1.77. The van der Waals surface area contributed by atoms with Gasteiger partial charge in [0.2, 0.25) is 0 Å². The van der Waals surface area contributed by atoms with Crippen LogP contribution in [0.15, 0.2) is 30.3 Å². The van der Waals surface area contributed by atoms with Crippen molar-refractivity contribution in [1.29, 1.82) is 0 Å². The van der Waals surface area contributed by atoms with Crippen molar-refractivity contribution in [1.82, 2.24) is 5.32 Å². The molecule has 0 saturated heterocycles. The number of amides is 1. The Morgan fingerprint density at radius 1 is 1.23 bits per heavy atom. The molecule has 22 heavy (non-hydrogen) atoms. The van der Waals surface area contributed by atoms with Crippen LogP contribution >= 0.6 is 0 Å². The van der Waals surface area contributed by atoms with E-state index in [1.54, 1.807) is 13.8 Å². The molecule has 1 aromatic carbocycles. The molecular formula is C16H23NO5. The average Bonchev–Trinajstić information content (AvgIpc) is 2.49. The number of benzene rings is 1. The van der Waals surface area contributed by atoms with Gasteiger partial charge in [0.1, 0.15) is 12.6 Å². The van der Waals surface area contributed by atoms with Crippen LogP contribution in [-0.4, -0.2) is 35.9 Å². The molecule has 0 aromatic heterocycles. The van der Waals surface area contributed by atoms with Crippen molar-refractivity contribution in [2.24, 2.45) is 0 Å². The first-order chi connectivity index (χ1) is 10.5. The van der Waals surface area contributed by atoms with Crippen LogP contribution in [0.1, 0.15) is 32.3 Å². The van der Waals surface area contributed by atoms with E-state index in [9.17, 15) is 9.59 Å². The zero-order valence-electron chi connectivity index (χ0n) is 13.0. The van der Waals surface area contributed by atoms with E-state index in [1.807, 2.05) is 30.3 Å². The van der Waals surface area contributed by atoms with Gasteiger partial charge in [-0.1, -0.05) is 30.3 Å². The van der Waals surface area contributed by atoms with Crippen LogP contribution in [0.3, 0.4) is 0 Å². The minimum atomic E-state index is -0.821. The second kappa shape index (κ2) is 9.78. The zero-order valence-corrected chi connectivity index (χ0v) is 13.0. The molecular weight excluding hydrogens is 286 g/mol. The van der Waals surface area contributed by atoms with Gasteiger partial charge in [-0.05, 0) is 32.3 Å². The summed E-state index contributed by atoms with van der Waals surface area (Å²) in [5.74, 6) is -0.528. The van der Waals surface area contributed by atoms with Gasteiger partial charge in [0.15, 0.2) is 0 Å². The van der Waals surface area contributed by atoms with E-state index >= 15 is 0 Å². The Kier molecular flexibility index (Phi) is 7.99. The summed E-state index contributed by atoms with van der Waals surface area (Å²) >= 11 is 0. The number of ether oxygens (including phenoxy) is 2. The minimum absolute atomic E-state index is 0.0633. The fourth-order valence-corrected chi connectivity index (χ4v) is 1.77. The number of esters is 1. The number of aliphatic hydroxyl groups excluding tert-OH is 1. The van der Waals surface area contributed by atoms with Crippen molar-refractivity contribution in [3.63, 3.8) is 0 Å². The number of nitrogens with one attached hydrogen (secondary N) is 1. The molecule has 0 saturated carbocycles. The smallest absolute Gasteiger partial charge is 0.408 e. The van der Waals surface area contributed by atoms with Crippen LogP contribution in [0.2, 0.25) is 0 Å². The monoisotopic (exact) mass is 309 g/mol. The molecule has 1 atom stereocenters. The van der Waals surface area contributed by atoms with Crippen LogP contribution in [0.4, 0.5) is 4.79 Å². The van der Waals surface area contributed by atoms with Crippen molar-refractivity contribution in [2.75, 3.05) is 6.61 Å². The Morgan fingerprint density at radius 3 is 2.50 bits per heavy atom. The standard InChI is InChI=1S/C16H23NO5/c1-12(2)22-15(19)14(9-6-10-18)17-16(20)21-11-13-7-4-3-5-8-13/h3-5,7-8,12,14,18H,6,9-11H2,1-2H3,(H,17,20). The van der Waals surface area contributed by atoms with Crippen molar-refractivity contribution in [2.45, 2.75) is 45.4 Å². The number of carbonyl (C=O) groups is 2. The van der Waals surface area contributed by atoms with Gasteiger partial charge < -0.3 is 19.9 Å². The van der Waals surface area contributed by atoms with Gasteiger partial charge in [-0.2, -0.15) is 0 Å². The average molecular weight is 309 g/mol. The van der Waals surface area contributed by atoms with Crippen LogP contribution < -0.4 is 5.32 Å². The maximum Gasteiger partial charge on any atom is 0.408 e. The van der Waals surface area contributed by atoms with Crippen molar-refractivity contribution in [3.05, 3.63) is 35.9 Å². The summed E-state index contributed by atoms with van der Waals surface area (Å²) < 4.78 is 10.2. The van der Waals surface area contributed by atoms with E-state index in [2.05, 4.69) is 5.32 Å². The largest absolute Gasteiger partial charge is 0.461 e. The number of rotatable bonds is 8. The third kappa shape index (κ3) is 7.08. The molecule has 6 nitrogen and oxygen atoms in total. The number of hydrogen-bond acceptors (Lipinski definition) is 5. The van der Waals surface area contributed by atoms with Crippen LogP contribution in [0, 0.1) is 0 Å². The Hall–Kier alpha value is -2.08. The van der Waals surface area contributed by atoms with Crippen molar-refractivity contribution >= 4 is 12.1 Å². The molecule has 122 valence electrons. The number of alkyl carbamates (subject to hydrolysis) is 1. The molecule has 1 rings (SSSR count). The topological polar surface area (TPSA) is 84.9 Å². The Labute approximate surface area is 130 Å². The van der Waals surface area contributed by atoms with Crippen molar-refractivity contribution in [3.8, 4) is 0 Å². The molecule has 0 fully saturated rings. The van der Waals surface area contributed by atoms with E-state index < -0.39 is 18.1 Å². The van der Waals surface area contributed by atoms with Gasteiger partial charge in [0.05, 0.1) is 6.10 Å². The quantitative estimate of drug-likeness (QED) is 0.718. The molecule has 1 unspecified atom stereocenters. The van der Waals surface area contributed by atoms with Gasteiger partial charge in [0.25, 0.3) is 0 Å². The molecule has 6 heteroatoms. The lowest BCUT2D eigenvalue weighted by Gasteiger charge is -2.18. The number of aliphatic hydroxyl groups is 1. The van der Waals surface area contributed by atoms with Gasteiger partial charge >= 0.3 is 12.1 Å². The highest BCUT2D eigenvalue weighted by Crippen LogP contribution is 2.05. The minimum Gasteiger partial charge on any atom is -0.461 e. The van der Waals surface area contributed by atoms with Crippen molar-refractivity contribution < 1.29 is 24.2 Å². The van der Waals surface area contributed by atoms with E-state index in [4.69, 9.17) is 14.6 Å². The van der Waals surface area contributed by atoms with Gasteiger partial charge in [-0.3, -0.25) is 0 Å². The SMILES string of the molecule is CC(C)OC(=O)C(CCCO)NC(=O)OCc1ccccc1. The van der Waals surface area contributed by atoms with Crippen LogP contribution in [-0.2, 0) is 20.9 Å². The number of carbonyl (C=O) groups excluding carboxylic acids is 2. The summed E-state index contributed by atoms with van der Waals surface area (Å²) in [6, 6.07) is 8.42. The summed E-state index contributed by atoms with van der Waals surface area (Å²) in [6.45, 7) is 3.52. The highest BCUT2D eigenvalue weighted by atomic mass is 16.6. The van der Waals surface area contributed by atoms with Crippen LogP contribution in [0.5, 0.6) is 0 Å². The highest BCUT2D eigenvalue weighted by Gasteiger charge is 2.23. The molecule has 0 aliphatic carbocycles. The fraction of sp³-hybridized carbons (Fsp3) is 0.500. The normalized spacial score (nSPS) is 11.8. The maximum absolute atomic E-state index is 11.9. The molecule has 1 aromatic rings. The molecule has 0 aliphatic heterocycles. The van der Waals surface area contributed by atoms with E-state index in [-0.39, 0.29) is 19.3 Å². The molecule has 2 N–H and O–H groups in total. The summed E-state index contributed by atoms with van der Waals surface area (Å²) in [4.78, 5) is 23.7. The Balaban J connectivity index is 2.49. The van der Waals surface area contributed by atoms with Gasteiger partial charge in [-0.15, -0.1) is 0 Å². The van der Waals surface area contributed by atoms with Crippen LogP contribution in [0.25, 0.3) is 0 Å². The lowest BCUT2D eigenvalue weighted by molar-refractivity contribution is -0.150. The summed E-state index contributed by atoms with van der Waals surface area (Å²) in [7, 11) is 0. The zero-order chi connectivity index (χ0) is 16.4. The molecule has 1 amide bonds. The third-order valence-corrected chi connectivity index (χ3v) is 2.79. The van der Waals surface area contributed by atoms with Gasteiger partial charge in [-0.25, -0.2) is 9.59 Å². The summed E-state index contributed by atoms with van der Waals surface area (Å²) in [6.07, 6.45) is -0.280. The molecule has 0 spiro atoms. The first kappa shape index (κ1) is 18.0. The Bertz CT molecular complexity index is 461.